The van der Waals surface area contributed by atoms with Gasteiger partial charge in [-0.05, 0) is 68.6 Å². The van der Waals surface area contributed by atoms with Crippen LogP contribution in [0.1, 0.15) is 54.4 Å². The van der Waals surface area contributed by atoms with Gasteiger partial charge in [0.25, 0.3) is 5.91 Å². The molecule has 30 heavy (non-hydrogen) atoms. The Morgan fingerprint density at radius 2 is 1.83 bits per heavy atom. The molecule has 0 radical (unpaired) electrons. The highest BCUT2D eigenvalue weighted by Crippen LogP contribution is 2.61. The van der Waals surface area contributed by atoms with E-state index in [4.69, 9.17) is 0 Å². The van der Waals surface area contributed by atoms with Crippen molar-refractivity contribution < 1.29 is 26.4 Å². The minimum Gasteiger partial charge on any atom is -0.346 e. The predicted octanol–water partition coefficient (Wildman–Crippen LogP) is 3.67. The molecule has 2 N–H and O–H groups in total. The molecule has 0 aromatic heterocycles. The van der Waals surface area contributed by atoms with Crippen LogP contribution in [0, 0.1) is 28.6 Å². The van der Waals surface area contributed by atoms with E-state index >= 15 is 0 Å². The minimum atomic E-state index is -4.68. The Bertz CT molecular complexity index is 1030. The van der Waals surface area contributed by atoms with Crippen molar-refractivity contribution >= 4 is 21.6 Å². The van der Waals surface area contributed by atoms with Gasteiger partial charge >= 0.3 is 6.18 Å². The lowest BCUT2D eigenvalue weighted by Gasteiger charge is -2.59. The fourth-order valence-electron chi connectivity index (χ4n) is 6.04. The van der Waals surface area contributed by atoms with Crippen molar-refractivity contribution in [1.29, 1.82) is 5.26 Å². The van der Waals surface area contributed by atoms with E-state index in [-0.39, 0.29) is 11.3 Å². The van der Waals surface area contributed by atoms with Gasteiger partial charge in [0.15, 0.2) is 0 Å². The van der Waals surface area contributed by atoms with Gasteiger partial charge in [0.05, 0.1) is 34.6 Å². The smallest absolute Gasteiger partial charge is 0.346 e. The Labute approximate surface area is 172 Å². The fraction of sp³-hybridized carbons (Fsp3) is 0.600. The normalized spacial score (nSPS) is 32.5. The third-order valence-corrected chi connectivity index (χ3v) is 7.15. The van der Waals surface area contributed by atoms with Crippen molar-refractivity contribution in [2.75, 3.05) is 11.0 Å². The van der Waals surface area contributed by atoms with Gasteiger partial charge < -0.3 is 5.32 Å². The maximum atomic E-state index is 13.2. The third kappa shape index (κ3) is 3.87. The van der Waals surface area contributed by atoms with E-state index in [9.17, 15) is 31.6 Å². The molecule has 6 nitrogen and oxygen atoms in total. The fourth-order valence-corrected chi connectivity index (χ4v) is 6.62. The van der Waals surface area contributed by atoms with E-state index in [1.54, 1.807) is 0 Å². The summed E-state index contributed by atoms with van der Waals surface area (Å²) < 4.78 is 65.0. The minimum absolute atomic E-state index is 0.206. The van der Waals surface area contributed by atoms with Crippen LogP contribution in [0.3, 0.4) is 0 Å². The Kier molecular flexibility index (Phi) is 4.62. The molecular weight excluding hydrogens is 419 g/mol. The summed E-state index contributed by atoms with van der Waals surface area (Å²) >= 11 is 0. The van der Waals surface area contributed by atoms with Crippen LogP contribution in [0.2, 0.25) is 0 Å². The molecule has 4 aliphatic rings. The highest BCUT2D eigenvalue weighted by molar-refractivity contribution is 7.92. The zero-order valence-corrected chi connectivity index (χ0v) is 17.2. The first-order valence-corrected chi connectivity index (χ1v) is 11.6. The number of nitrogens with one attached hydrogen (secondary N) is 2. The Hall–Kier alpha value is -2.28. The molecule has 5 rings (SSSR count). The molecule has 0 aliphatic heterocycles. The van der Waals surface area contributed by atoms with E-state index in [0.717, 1.165) is 37.7 Å². The second-order valence-electron chi connectivity index (χ2n) is 9.22. The predicted molar refractivity (Wildman–Crippen MR) is 103 cm³/mol. The molecule has 4 bridgehead atoms. The largest absolute Gasteiger partial charge is 0.416 e. The number of halogens is 3. The molecule has 1 amide bonds. The van der Waals surface area contributed by atoms with Gasteiger partial charge in [-0.1, -0.05) is 0 Å². The van der Waals surface area contributed by atoms with Crippen molar-refractivity contribution in [3.05, 3.63) is 29.3 Å². The van der Waals surface area contributed by atoms with Gasteiger partial charge in [-0.3, -0.25) is 9.52 Å². The standard InChI is InChI=1S/C20H22F3N3O3S/c1-30(28,29)26-16-3-2-14(20(21,22)23)5-15(16)17(27)25-19-8-12-4-13(9-19)7-18(6-12,10-19)11-24/h2-3,5,12-13,26H,4,6-10H2,1H3,(H,25,27). The first kappa shape index (κ1) is 21.0. The maximum Gasteiger partial charge on any atom is 0.416 e. The number of amides is 1. The summed E-state index contributed by atoms with van der Waals surface area (Å²) in [5.41, 5.74) is -2.77. The molecule has 0 saturated heterocycles. The van der Waals surface area contributed by atoms with Gasteiger partial charge in [-0.15, -0.1) is 0 Å². The zero-order chi connectivity index (χ0) is 21.9. The van der Waals surface area contributed by atoms with Crippen LogP contribution in [0.15, 0.2) is 18.2 Å². The second-order valence-corrected chi connectivity index (χ2v) is 11.0. The number of alkyl halides is 3. The third-order valence-electron chi connectivity index (χ3n) is 6.56. The molecule has 4 fully saturated rings. The van der Waals surface area contributed by atoms with Crippen LogP contribution < -0.4 is 10.0 Å². The quantitative estimate of drug-likeness (QED) is 0.745. The number of hydrogen-bond acceptors (Lipinski definition) is 4. The molecule has 10 heteroatoms. The lowest BCUT2D eigenvalue weighted by molar-refractivity contribution is -0.137. The molecule has 1 aromatic carbocycles. The lowest BCUT2D eigenvalue weighted by atomic mass is 9.47. The van der Waals surface area contributed by atoms with Crippen molar-refractivity contribution in [3.8, 4) is 6.07 Å². The molecule has 1 aromatic rings. The highest BCUT2D eigenvalue weighted by Gasteiger charge is 2.58. The number of hydrogen-bond donors (Lipinski definition) is 2. The topological polar surface area (TPSA) is 99.1 Å². The summed E-state index contributed by atoms with van der Waals surface area (Å²) in [7, 11) is -3.80. The number of rotatable bonds is 4. The van der Waals surface area contributed by atoms with Gasteiger partial charge in [0.2, 0.25) is 10.0 Å². The second kappa shape index (κ2) is 6.61. The number of nitrogens with zero attached hydrogens (tertiary/aromatic N) is 1. The van der Waals surface area contributed by atoms with Crippen LogP contribution in [0.25, 0.3) is 0 Å². The average Bonchev–Trinajstić information content (AvgIpc) is 2.58. The van der Waals surface area contributed by atoms with Gasteiger partial charge in [-0.2, -0.15) is 18.4 Å². The SMILES string of the molecule is CS(=O)(=O)Nc1ccc(C(F)(F)F)cc1C(=O)NC12CC3CC(CC(C#N)(C3)C1)C2. The van der Waals surface area contributed by atoms with Crippen LogP contribution in [0.5, 0.6) is 0 Å². The molecule has 162 valence electrons. The van der Waals surface area contributed by atoms with Crippen LogP contribution in [-0.4, -0.2) is 26.1 Å². The van der Waals surface area contributed by atoms with Crippen LogP contribution in [-0.2, 0) is 16.2 Å². The highest BCUT2D eigenvalue weighted by atomic mass is 32.2. The molecule has 2 unspecified atom stereocenters. The van der Waals surface area contributed by atoms with Crippen LogP contribution in [0.4, 0.5) is 18.9 Å². The summed E-state index contributed by atoms with van der Waals surface area (Å²) in [6.07, 6.45) is 0.629. The van der Waals surface area contributed by atoms with Crippen molar-refractivity contribution in [2.24, 2.45) is 17.3 Å². The van der Waals surface area contributed by atoms with Crippen LogP contribution >= 0.6 is 0 Å². The zero-order valence-electron chi connectivity index (χ0n) is 16.3. The number of nitriles is 1. The number of carbonyl (C=O) groups is 1. The number of anilines is 1. The number of carbonyl (C=O) groups excluding carboxylic acids is 1. The summed E-state index contributed by atoms with van der Waals surface area (Å²) in [6, 6.07) is 4.79. The summed E-state index contributed by atoms with van der Waals surface area (Å²) in [5, 5.41) is 12.6. The Morgan fingerprint density at radius 1 is 1.20 bits per heavy atom. The monoisotopic (exact) mass is 441 g/mol. The Morgan fingerprint density at radius 3 is 2.37 bits per heavy atom. The first-order chi connectivity index (χ1) is 13.8. The van der Waals surface area contributed by atoms with E-state index in [0.29, 0.717) is 37.2 Å². The van der Waals surface area contributed by atoms with E-state index in [1.165, 1.54) is 0 Å². The number of benzene rings is 1. The molecular formula is C20H22F3N3O3S. The average molecular weight is 441 g/mol. The molecule has 0 heterocycles. The van der Waals surface area contributed by atoms with E-state index in [1.807, 2.05) is 0 Å². The van der Waals surface area contributed by atoms with Crippen molar-refractivity contribution in [3.63, 3.8) is 0 Å². The maximum absolute atomic E-state index is 13.2. The molecule has 4 saturated carbocycles. The molecule has 0 spiro atoms. The van der Waals surface area contributed by atoms with E-state index < -0.39 is 38.6 Å². The summed E-state index contributed by atoms with van der Waals surface area (Å²) in [4.78, 5) is 13.1. The summed E-state index contributed by atoms with van der Waals surface area (Å²) in [5.74, 6) is -0.148. The first-order valence-electron chi connectivity index (χ1n) is 9.75. The molecule has 4 aliphatic carbocycles. The van der Waals surface area contributed by atoms with Gasteiger partial charge in [0, 0.05) is 5.54 Å². The van der Waals surface area contributed by atoms with Gasteiger partial charge in [0.1, 0.15) is 0 Å². The lowest BCUT2D eigenvalue weighted by Crippen LogP contribution is -2.62. The van der Waals surface area contributed by atoms with Crippen molar-refractivity contribution in [2.45, 2.75) is 50.2 Å². The van der Waals surface area contributed by atoms with Crippen molar-refractivity contribution in [1.82, 2.24) is 5.32 Å². The molecule has 2 atom stereocenters. The Balaban J connectivity index is 1.68. The number of sulfonamides is 1. The summed E-state index contributed by atoms with van der Waals surface area (Å²) in [6.45, 7) is 0. The van der Waals surface area contributed by atoms with E-state index in [2.05, 4.69) is 16.1 Å². The van der Waals surface area contributed by atoms with Gasteiger partial charge in [-0.25, -0.2) is 8.42 Å².